The Morgan fingerprint density at radius 1 is 1.35 bits per heavy atom. The SMILES string of the molecule is COc1cccc(-c2nc(C(=O)N3CCCC4CCCC=C43)cs2)c1F. The highest BCUT2D eigenvalue weighted by Gasteiger charge is 2.31. The summed E-state index contributed by atoms with van der Waals surface area (Å²) >= 11 is 1.28. The van der Waals surface area contributed by atoms with Crippen molar-refractivity contribution >= 4 is 17.2 Å². The lowest BCUT2D eigenvalue weighted by Gasteiger charge is -2.37. The molecule has 2 aromatic rings. The smallest absolute Gasteiger partial charge is 0.277 e. The number of hydrogen-bond donors (Lipinski definition) is 0. The van der Waals surface area contributed by atoms with Gasteiger partial charge in [0.15, 0.2) is 11.6 Å². The van der Waals surface area contributed by atoms with Crippen LogP contribution >= 0.6 is 11.3 Å². The molecule has 1 fully saturated rings. The van der Waals surface area contributed by atoms with Crippen molar-refractivity contribution in [2.75, 3.05) is 13.7 Å². The minimum absolute atomic E-state index is 0.0753. The highest BCUT2D eigenvalue weighted by atomic mass is 32.1. The van der Waals surface area contributed by atoms with Crippen LogP contribution in [0.15, 0.2) is 35.4 Å². The van der Waals surface area contributed by atoms with Crippen LogP contribution in [-0.4, -0.2) is 29.4 Å². The van der Waals surface area contributed by atoms with Gasteiger partial charge in [-0.05, 0) is 50.2 Å². The number of amides is 1. The van der Waals surface area contributed by atoms with Gasteiger partial charge in [-0.2, -0.15) is 0 Å². The Balaban J connectivity index is 1.62. The van der Waals surface area contributed by atoms with Crippen LogP contribution in [0, 0.1) is 11.7 Å². The minimum Gasteiger partial charge on any atom is -0.494 e. The molecule has 136 valence electrons. The van der Waals surface area contributed by atoms with Crippen LogP contribution in [0.2, 0.25) is 0 Å². The average molecular weight is 372 g/mol. The van der Waals surface area contributed by atoms with E-state index in [2.05, 4.69) is 11.1 Å². The van der Waals surface area contributed by atoms with E-state index in [1.165, 1.54) is 24.9 Å². The fraction of sp³-hybridized carbons (Fsp3) is 0.400. The first-order valence-electron chi connectivity index (χ1n) is 8.99. The van der Waals surface area contributed by atoms with Crippen molar-refractivity contribution in [3.8, 4) is 16.3 Å². The van der Waals surface area contributed by atoms with Gasteiger partial charge in [-0.25, -0.2) is 9.37 Å². The Bertz CT molecular complexity index is 861. The molecule has 0 N–H and O–H groups in total. The number of methoxy groups -OCH3 is 1. The second kappa shape index (κ2) is 7.19. The Kier molecular flexibility index (Phi) is 4.76. The third-order valence-corrected chi connectivity index (χ3v) is 6.03. The maximum absolute atomic E-state index is 14.5. The van der Waals surface area contributed by atoms with Crippen LogP contribution in [-0.2, 0) is 0 Å². The molecule has 2 heterocycles. The van der Waals surface area contributed by atoms with E-state index in [0.717, 1.165) is 37.9 Å². The van der Waals surface area contributed by atoms with Gasteiger partial charge in [-0.1, -0.05) is 12.1 Å². The molecule has 1 atom stereocenters. The molecule has 4 rings (SSSR count). The van der Waals surface area contributed by atoms with Crippen molar-refractivity contribution in [3.63, 3.8) is 0 Å². The zero-order valence-electron chi connectivity index (χ0n) is 14.7. The summed E-state index contributed by atoms with van der Waals surface area (Å²) in [5.74, 6) is 0.150. The van der Waals surface area contributed by atoms with Gasteiger partial charge in [0.1, 0.15) is 10.7 Å². The van der Waals surface area contributed by atoms with Crippen LogP contribution < -0.4 is 4.74 Å². The first kappa shape index (κ1) is 17.2. The number of benzene rings is 1. The van der Waals surface area contributed by atoms with E-state index in [9.17, 15) is 9.18 Å². The molecule has 1 unspecified atom stereocenters. The molecule has 1 aromatic carbocycles. The first-order valence-corrected chi connectivity index (χ1v) is 9.87. The Labute approximate surface area is 156 Å². The number of likely N-dealkylation sites (tertiary alicyclic amines) is 1. The lowest BCUT2D eigenvalue weighted by atomic mass is 9.85. The molecule has 26 heavy (non-hydrogen) atoms. The molecule has 1 amide bonds. The molecular weight excluding hydrogens is 351 g/mol. The Hall–Kier alpha value is -2.21. The summed E-state index contributed by atoms with van der Waals surface area (Å²) in [4.78, 5) is 19.3. The summed E-state index contributed by atoms with van der Waals surface area (Å²) in [6.07, 6.45) is 7.79. The summed E-state index contributed by atoms with van der Waals surface area (Å²) in [5, 5.41) is 2.22. The van der Waals surface area contributed by atoms with Gasteiger partial charge >= 0.3 is 0 Å². The van der Waals surface area contributed by atoms with Crippen molar-refractivity contribution in [2.45, 2.75) is 32.1 Å². The zero-order valence-corrected chi connectivity index (χ0v) is 15.5. The molecule has 4 nitrogen and oxygen atoms in total. The minimum atomic E-state index is -0.448. The highest BCUT2D eigenvalue weighted by molar-refractivity contribution is 7.13. The second-order valence-electron chi connectivity index (χ2n) is 6.72. The topological polar surface area (TPSA) is 42.4 Å². The molecule has 1 aliphatic carbocycles. The van der Waals surface area contributed by atoms with E-state index in [0.29, 0.717) is 22.2 Å². The fourth-order valence-corrected chi connectivity index (χ4v) is 4.68. The van der Waals surface area contributed by atoms with Crippen molar-refractivity contribution in [1.29, 1.82) is 0 Å². The quantitative estimate of drug-likeness (QED) is 0.771. The highest BCUT2D eigenvalue weighted by Crippen LogP contribution is 2.36. The lowest BCUT2D eigenvalue weighted by molar-refractivity contribution is 0.0744. The Morgan fingerprint density at radius 2 is 2.19 bits per heavy atom. The van der Waals surface area contributed by atoms with Crippen LogP contribution in [0.3, 0.4) is 0 Å². The molecule has 0 radical (unpaired) electrons. The van der Waals surface area contributed by atoms with E-state index in [-0.39, 0.29) is 11.7 Å². The molecule has 0 saturated carbocycles. The Morgan fingerprint density at radius 3 is 3.04 bits per heavy atom. The van der Waals surface area contributed by atoms with Crippen molar-refractivity contribution in [2.24, 2.45) is 5.92 Å². The molecule has 0 spiro atoms. The molecule has 2 aliphatic rings. The standard InChI is InChI=1S/C20H21FN2O2S/c1-25-17-10-4-8-14(18(17)21)19-22-15(12-26-19)20(24)23-11-5-7-13-6-2-3-9-16(13)23/h4,8-10,12-13H,2-3,5-7,11H2,1H3. The number of thiazole rings is 1. The van der Waals surface area contributed by atoms with Gasteiger partial charge in [0.25, 0.3) is 5.91 Å². The van der Waals surface area contributed by atoms with E-state index < -0.39 is 5.82 Å². The number of piperidine rings is 1. The van der Waals surface area contributed by atoms with Crippen molar-refractivity contribution < 1.29 is 13.9 Å². The average Bonchev–Trinajstić information content (AvgIpc) is 3.17. The number of ether oxygens (including phenoxy) is 1. The van der Waals surface area contributed by atoms with Crippen LogP contribution in [0.5, 0.6) is 5.75 Å². The van der Waals surface area contributed by atoms with Crippen LogP contribution in [0.4, 0.5) is 4.39 Å². The predicted molar refractivity (Wildman–Crippen MR) is 99.8 cm³/mol. The van der Waals surface area contributed by atoms with Crippen molar-refractivity contribution in [3.05, 3.63) is 46.9 Å². The monoisotopic (exact) mass is 372 g/mol. The van der Waals surface area contributed by atoms with E-state index in [1.54, 1.807) is 23.6 Å². The molecule has 6 heteroatoms. The summed E-state index contributed by atoms with van der Waals surface area (Å²) in [5.41, 5.74) is 1.91. The number of halogens is 1. The summed E-state index contributed by atoms with van der Waals surface area (Å²) in [6, 6.07) is 4.95. The normalized spacial score (nSPS) is 19.7. The second-order valence-corrected chi connectivity index (χ2v) is 7.57. The van der Waals surface area contributed by atoms with Gasteiger partial charge in [0.2, 0.25) is 0 Å². The molecule has 0 bridgehead atoms. The number of hydrogen-bond acceptors (Lipinski definition) is 4. The van der Waals surface area contributed by atoms with Gasteiger partial charge in [0.05, 0.1) is 12.7 Å². The van der Waals surface area contributed by atoms with Crippen LogP contribution in [0.1, 0.15) is 42.6 Å². The third kappa shape index (κ3) is 3.03. The van der Waals surface area contributed by atoms with Crippen LogP contribution in [0.25, 0.3) is 10.6 Å². The zero-order chi connectivity index (χ0) is 18.1. The third-order valence-electron chi connectivity index (χ3n) is 5.16. The van der Waals surface area contributed by atoms with Gasteiger partial charge in [0, 0.05) is 17.6 Å². The first-order chi connectivity index (χ1) is 12.7. The summed E-state index contributed by atoms with van der Waals surface area (Å²) in [6.45, 7) is 0.738. The number of carbonyl (C=O) groups is 1. The lowest BCUT2D eigenvalue weighted by Crippen LogP contribution is -2.39. The number of carbonyl (C=O) groups excluding carboxylic acids is 1. The number of aromatic nitrogens is 1. The maximum Gasteiger partial charge on any atom is 0.277 e. The van der Waals surface area contributed by atoms with E-state index in [4.69, 9.17) is 4.74 Å². The van der Waals surface area contributed by atoms with Gasteiger partial charge in [-0.3, -0.25) is 4.79 Å². The number of fused-ring (bicyclic) bond motifs is 1. The van der Waals surface area contributed by atoms with Crippen molar-refractivity contribution in [1.82, 2.24) is 9.88 Å². The van der Waals surface area contributed by atoms with Gasteiger partial charge in [-0.15, -0.1) is 11.3 Å². The number of nitrogens with zero attached hydrogens (tertiary/aromatic N) is 2. The number of rotatable bonds is 3. The molecule has 1 saturated heterocycles. The summed E-state index contributed by atoms with van der Waals surface area (Å²) in [7, 11) is 1.43. The molecule has 1 aliphatic heterocycles. The van der Waals surface area contributed by atoms with Gasteiger partial charge < -0.3 is 9.64 Å². The van der Waals surface area contributed by atoms with E-state index in [1.807, 2.05) is 4.90 Å². The van der Waals surface area contributed by atoms with E-state index >= 15 is 0 Å². The molecular formula is C20H21FN2O2S. The fourth-order valence-electron chi connectivity index (χ4n) is 3.86. The molecule has 1 aromatic heterocycles. The number of allylic oxidation sites excluding steroid dienone is 2. The largest absolute Gasteiger partial charge is 0.494 e. The predicted octanol–water partition coefficient (Wildman–Crippen LogP) is 4.88. The summed E-state index contributed by atoms with van der Waals surface area (Å²) < 4.78 is 19.5. The maximum atomic E-state index is 14.5.